The number of halogens is 2. The predicted octanol–water partition coefficient (Wildman–Crippen LogP) is 2.74. The molecule has 22 nitrogen and oxygen atoms in total. The van der Waals surface area contributed by atoms with Crippen molar-refractivity contribution in [3.63, 3.8) is 0 Å². The standard InChI is InChI=1S/C17H20N6O2.C13H16BrN3O2.C7H7BrN2O2.C6H11NO.C4H5N3/c1-11-8-12(20-13-4-6-18-10-19-13)16(25)23-14(11)15(24)21-17(23)5-3-7-22(2)9-17;1-8-6-9(14)12(19)17-10(8)11(18)15-13(17)4-3-5-16(2)7-13;1-3-2-4(8)7(12)10-5(3)6(9)11;1-7-4-2-3-6(8)5-7;5-4-1-2-6-3-7-4/h4,6,8,10H,3,5,7,9H2,1-2H3,(H,21,24)(H,18,19,20);6H,3-5,7H2,1-2H3,(H,15,18);2H,1H3,(H2,9,11)(H,10,12);2-5H2,1H3;1-3H,(H2,5,6,7). The summed E-state index contributed by atoms with van der Waals surface area (Å²) in [5.41, 5.74) is 12.0. The Balaban J connectivity index is 0.000000158. The third-order valence-electron chi connectivity index (χ3n) is 12.4. The Morgan fingerprint density at radius 2 is 1.24 bits per heavy atom. The molecule has 0 bridgehead atoms. The van der Waals surface area contributed by atoms with E-state index >= 15 is 0 Å². The number of anilines is 3. The molecule has 3 saturated heterocycles. The lowest BCUT2D eigenvalue weighted by Gasteiger charge is -2.39. The first-order valence-corrected chi connectivity index (χ1v) is 24.4. The average Bonchev–Trinajstić information content (AvgIpc) is 3.75. The highest BCUT2D eigenvalue weighted by Gasteiger charge is 2.48. The van der Waals surface area contributed by atoms with E-state index in [1.807, 2.05) is 35.0 Å². The number of carbonyl (C=O) groups is 4. The molecule has 3 fully saturated rings. The van der Waals surface area contributed by atoms with Gasteiger partial charge in [0.05, 0.1) is 15.5 Å². The summed E-state index contributed by atoms with van der Waals surface area (Å²) in [7, 11) is 6.00. The van der Waals surface area contributed by atoms with Crippen LogP contribution in [0.3, 0.4) is 0 Å². The maximum absolute atomic E-state index is 13.2. The van der Waals surface area contributed by atoms with E-state index in [4.69, 9.17) is 11.5 Å². The summed E-state index contributed by atoms with van der Waals surface area (Å²) in [5, 5.41) is 9.16. The molecule has 3 amide bonds. The van der Waals surface area contributed by atoms with E-state index in [-0.39, 0.29) is 34.2 Å². The SMILES string of the molecule is CN1CCCC(=O)C1.Cc1cc(Br)c(=O)[nH]c1C(N)=O.Cc1cc(Br)c(=O)n2c1C(=O)NC21CCCN(C)C1.Cc1cc(Nc2ccncn2)c(=O)n2c1C(=O)NC21CCCN(C)C1.Nc1ccncn1. The summed E-state index contributed by atoms with van der Waals surface area (Å²) in [5.74, 6) is 0.487. The molecule has 0 radical (unpaired) electrons. The Morgan fingerprint density at radius 1 is 0.704 bits per heavy atom. The third-order valence-corrected chi connectivity index (χ3v) is 13.5. The number of nitrogens with two attached hydrogens (primary N) is 2. The average molecular weight is 1110 g/mol. The van der Waals surface area contributed by atoms with Crippen molar-refractivity contribution < 1.29 is 19.2 Å². The molecule has 10 rings (SSSR count). The van der Waals surface area contributed by atoms with Gasteiger partial charge in [0, 0.05) is 31.9 Å². The zero-order valence-electron chi connectivity index (χ0n) is 40.5. The van der Waals surface area contributed by atoms with Crippen molar-refractivity contribution in [3.05, 3.63) is 129 Å². The fourth-order valence-corrected chi connectivity index (χ4v) is 10.3. The zero-order valence-corrected chi connectivity index (χ0v) is 43.6. The third kappa shape index (κ3) is 12.7. The molecule has 8 N–H and O–H groups in total. The van der Waals surface area contributed by atoms with E-state index in [0.29, 0.717) is 68.6 Å². The number of likely N-dealkylation sites (N-methyl/N-ethyl adjacent to an activating group) is 3. The molecule has 0 saturated carbocycles. The van der Waals surface area contributed by atoms with E-state index in [2.05, 4.69) is 87.4 Å². The number of aryl methyl sites for hydroxylation is 3. The second kappa shape index (κ2) is 23.2. The first kappa shape index (κ1) is 53.9. The molecule has 5 aromatic rings. The smallest absolute Gasteiger partial charge is 0.276 e. The monoisotopic (exact) mass is 1100 g/mol. The van der Waals surface area contributed by atoms with Gasteiger partial charge in [0.2, 0.25) is 0 Å². The lowest BCUT2D eigenvalue weighted by atomic mass is 9.98. The minimum atomic E-state index is -0.676. The predicted molar refractivity (Wildman–Crippen MR) is 274 cm³/mol. The molecule has 5 aliphatic rings. The molecular weight excluding hydrogens is 1050 g/mol. The van der Waals surface area contributed by atoms with Crippen molar-refractivity contribution in [3.8, 4) is 0 Å². The summed E-state index contributed by atoms with van der Waals surface area (Å²) in [6.45, 7) is 10.4. The van der Waals surface area contributed by atoms with Gasteiger partial charge in [-0.15, -0.1) is 0 Å². The number of amides is 3. The van der Waals surface area contributed by atoms with E-state index in [1.165, 1.54) is 12.7 Å². The van der Waals surface area contributed by atoms with Gasteiger partial charge in [-0.3, -0.25) is 47.6 Å². The maximum Gasteiger partial charge on any atom is 0.276 e. The van der Waals surface area contributed by atoms with Gasteiger partial charge in [-0.1, -0.05) is 0 Å². The highest BCUT2D eigenvalue weighted by Crippen LogP contribution is 2.34. The number of likely N-dealkylation sites (tertiary alicyclic amines) is 3. The Kier molecular flexibility index (Phi) is 17.6. The van der Waals surface area contributed by atoms with Crippen LogP contribution >= 0.6 is 31.9 Å². The Labute approximate surface area is 426 Å². The van der Waals surface area contributed by atoms with Crippen LogP contribution in [0.15, 0.2) is 78.7 Å². The number of nitrogens with zero attached hydrogens (tertiary/aromatic N) is 9. The van der Waals surface area contributed by atoms with Crippen molar-refractivity contribution in [1.29, 1.82) is 0 Å². The van der Waals surface area contributed by atoms with Gasteiger partial charge in [0.25, 0.3) is 34.4 Å². The molecule has 10 heterocycles. The highest BCUT2D eigenvalue weighted by atomic mass is 79.9. The number of H-pyrrole nitrogens is 1. The molecule has 0 aliphatic carbocycles. The number of pyridine rings is 3. The molecule has 2 unspecified atom stereocenters. The summed E-state index contributed by atoms with van der Waals surface area (Å²) in [4.78, 5) is 107. The number of rotatable bonds is 3. The van der Waals surface area contributed by atoms with Crippen LogP contribution < -0.4 is 44.1 Å². The number of hydrogen-bond acceptors (Lipinski definition) is 16. The number of ketones is 1. The first-order chi connectivity index (χ1) is 33.6. The molecule has 5 aromatic heterocycles. The lowest BCUT2D eigenvalue weighted by molar-refractivity contribution is -0.121. The minimum absolute atomic E-state index is 0.130. The van der Waals surface area contributed by atoms with E-state index < -0.39 is 17.2 Å². The number of piperidine rings is 3. The molecule has 2 atom stereocenters. The van der Waals surface area contributed by atoms with Crippen molar-refractivity contribution >= 4 is 72.7 Å². The van der Waals surface area contributed by atoms with Crippen LogP contribution in [-0.2, 0) is 16.1 Å². The quantitative estimate of drug-likeness (QED) is 0.151. The van der Waals surface area contributed by atoms with E-state index in [9.17, 15) is 33.6 Å². The first-order valence-electron chi connectivity index (χ1n) is 22.8. The lowest BCUT2D eigenvalue weighted by Crippen LogP contribution is -2.57. The number of fused-ring (bicyclic) bond motifs is 4. The van der Waals surface area contributed by atoms with Gasteiger partial charge in [-0.05, 0) is 173 Å². The number of aromatic nitrogens is 7. The van der Waals surface area contributed by atoms with Crippen LogP contribution in [0, 0.1) is 20.8 Å². The Bertz CT molecular complexity index is 2970. The van der Waals surface area contributed by atoms with Crippen LogP contribution in [0.25, 0.3) is 0 Å². The fraction of sp³-hybridized carbons (Fsp3) is 0.426. The van der Waals surface area contributed by atoms with Crippen molar-refractivity contribution in [1.82, 2.24) is 59.4 Å². The number of nitrogen functional groups attached to an aromatic ring is 1. The van der Waals surface area contributed by atoms with Crippen LogP contribution in [0.5, 0.6) is 0 Å². The summed E-state index contributed by atoms with van der Waals surface area (Å²) in [6.07, 6.45) is 11.3. The number of carbonyl (C=O) groups excluding carboxylic acids is 4. The van der Waals surface area contributed by atoms with Gasteiger partial charge in [-0.2, -0.15) is 0 Å². The van der Waals surface area contributed by atoms with Gasteiger partial charge < -0.3 is 42.2 Å². The molecule has 24 heteroatoms. The summed E-state index contributed by atoms with van der Waals surface area (Å²) >= 11 is 6.33. The van der Waals surface area contributed by atoms with Crippen LogP contribution in [0.2, 0.25) is 0 Å². The second-order valence-electron chi connectivity index (χ2n) is 18.2. The van der Waals surface area contributed by atoms with Crippen LogP contribution in [0.1, 0.15) is 86.7 Å². The number of Topliss-reactive ketones (excluding diaryl/α,β-unsaturated/α-hetero) is 1. The summed E-state index contributed by atoms with van der Waals surface area (Å²) < 4.78 is 4.21. The number of aromatic amines is 1. The molecule has 5 aliphatic heterocycles. The van der Waals surface area contributed by atoms with Gasteiger partial charge in [0.15, 0.2) is 0 Å². The van der Waals surface area contributed by atoms with E-state index in [0.717, 1.165) is 69.3 Å². The van der Waals surface area contributed by atoms with Crippen molar-refractivity contribution in [2.75, 3.05) is 71.5 Å². The van der Waals surface area contributed by atoms with Gasteiger partial charge in [0.1, 0.15) is 64.2 Å². The normalized spacial score (nSPS) is 20.3. The van der Waals surface area contributed by atoms with Gasteiger partial charge in [-0.25, -0.2) is 19.9 Å². The van der Waals surface area contributed by atoms with E-state index in [1.54, 1.807) is 58.8 Å². The zero-order chi connectivity index (χ0) is 51.8. The Hall–Kier alpha value is -6.47. The number of primary amides is 1. The van der Waals surface area contributed by atoms with Crippen molar-refractivity contribution in [2.45, 2.75) is 70.6 Å². The fourth-order valence-electron chi connectivity index (χ4n) is 9.30. The van der Waals surface area contributed by atoms with Crippen LogP contribution in [0.4, 0.5) is 17.3 Å². The second-order valence-corrected chi connectivity index (χ2v) is 19.9. The molecule has 0 aromatic carbocycles. The molecule has 71 heavy (non-hydrogen) atoms. The molecule has 2 spiro atoms. The number of nitrogens with one attached hydrogen (secondary N) is 4. The number of hydrogen-bond donors (Lipinski definition) is 6. The molecule has 378 valence electrons. The maximum atomic E-state index is 13.2. The van der Waals surface area contributed by atoms with Crippen molar-refractivity contribution in [2.24, 2.45) is 5.73 Å². The van der Waals surface area contributed by atoms with Crippen LogP contribution in [-0.4, -0.2) is 133 Å². The Morgan fingerprint density at radius 3 is 1.70 bits per heavy atom. The topological polar surface area (TPSA) is 295 Å². The minimum Gasteiger partial charge on any atom is -0.384 e. The highest BCUT2D eigenvalue weighted by molar-refractivity contribution is 9.10. The largest absolute Gasteiger partial charge is 0.384 e. The molecular formula is C47H59Br2N15O7. The van der Waals surface area contributed by atoms with Gasteiger partial charge >= 0.3 is 0 Å². The summed E-state index contributed by atoms with van der Waals surface area (Å²) in [6, 6.07) is 8.32.